The molecule has 25 heavy (non-hydrogen) atoms. The van der Waals surface area contributed by atoms with E-state index >= 15 is 0 Å². The molecule has 0 radical (unpaired) electrons. The van der Waals surface area contributed by atoms with Gasteiger partial charge in [-0.05, 0) is 43.6 Å². The van der Waals surface area contributed by atoms with Gasteiger partial charge >= 0.3 is 0 Å². The van der Waals surface area contributed by atoms with E-state index < -0.39 is 0 Å². The molecule has 6 heteroatoms. The average Bonchev–Trinajstić information content (AvgIpc) is 3.19. The third kappa shape index (κ3) is 3.50. The molecule has 1 saturated carbocycles. The molecular weight excluding hydrogens is 334 g/mol. The van der Waals surface area contributed by atoms with E-state index in [4.69, 9.17) is 0 Å². The fraction of sp³-hybridized carbons (Fsp3) is 0.632. The molecule has 4 rings (SSSR count). The minimum absolute atomic E-state index is 0.0387. The fourth-order valence-electron chi connectivity index (χ4n) is 4.11. The molecule has 1 amide bonds. The zero-order valence-corrected chi connectivity index (χ0v) is 15.5. The first-order valence-electron chi connectivity index (χ1n) is 9.43. The minimum Gasteiger partial charge on any atom is -0.353 e. The number of hydrogen-bond donors (Lipinski definition) is 2. The van der Waals surface area contributed by atoms with Crippen molar-refractivity contribution in [2.24, 2.45) is 5.92 Å². The molecule has 1 unspecified atom stereocenters. The quantitative estimate of drug-likeness (QED) is 0.881. The van der Waals surface area contributed by atoms with Crippen molar-refractivity contribution in [1.82, 2.24) is 15.3 Å². The Morgan fingerprint density at radius 3 is 2.92 bits per heavy atom. The summed E-state index contributed by atoms with van der Waals surface area (Å²) in [4.78, 5) is 34.4. The molecule has 134 valence electrons. The Labute approximate surface area is 151 Å². The van der Waals surface area contributed by atoms with E-state index in [2.05, 4.69) is 22.2 Å². The molecule has 2 N–H and O–H groups in total. The predicted octanol–water partition coefficient (Wildman–Crippen LogP) is 3.10. The molecule has 2 heterocycles. The second-order valence-corrected chi connectivity index (χ2v) is 8.68. The van der Waals surface area contributed by atoms with E-state index in [0.29, 0.717) is 30.6 Å². The molecule has 2 aliphatic rings. The molecule has 0 aromatic carbocycles. The standard InChI is InChI=1S/C19H25N3O2S/c1-11-6-7-13-14(10-11)25-19-17(13)18(24)21-15(22-19)8-9-16(23)20-12-4-2-3-5-12/h11-12H,2-10H2,1H3,(H,20,23)(H,21,22,24). The minimum atomic E-state index is -0.0387. The highest BCUT2D eigenvalue weighted by Crippen LogP contribution is 2.35. The van der Waals surface area contributed by atoms with E-state index in [9.17, 15) is 9.59 Å². The Kier molecular flexibility index (Phi) is 4.63. The molecule has 0 aliphatic heterocycles. The van der Waals surface area contributed by atoms with Crippen molar-refractivity contribution < 1.29 is 4.79 Å². The van der Waals surface area contributed by atoms with Crippen molar-refractivity contribution in [1.29, 1.82) is 0 Å². The van der Waals surface area contributed by atoms with Crippen LogP contribution >= 0.6 is 11.3 Å². The van der Waals surface area contributed by atoms with Crippen LogP contribution in [-0.4, -0.2) is 21.9 Å². The number of aromatic nitrogens is 2. The monoisotopic (exact) mass is 359 g/mol. The number of aromatic amines is 1. The van der Waals surface area contributed by atoms with Gasteiger partial charge in [0.25, 0.3) is 5.56 Å². The van der Waals surface area contributed by atoms with E-state index in [1.165, 1.54) is 23.3 Å². The Morgan fingerprint density at radius 1 is 1.32 bits per heavy atom. The molecule has 0 saturated heterocycles. The summed E-state index contributed by atoms with van der Waals surface area (Å²) in [7, 11) is 0. The lowest BCUT2D eigenvalue weighted by Gasteiger charge is -2.17. The van der Waals surface area contributed by atoms with Crippen molar-refractivity contribution in [3.63, 3.8) is 0 Å². The van der Waals surface area contributed by atoms with E-state index in [0.717, 1.165) is 42.3 Å². The van der Waals surface area contributed by atoms with Crippen LogP contribution in [0.15, 0.2) is 4.79 Å². The highest BCUT2D eigenvalue weighted by molar-refractivity contribution is 7.18. The second kappa shape index (κ2) is 6.90. The van der Waals surface area contributed by atoms with Crippen molar-refractivity contribution >= 4 is 27.5 Å². The lowest BCUT2D eigenvalue weighted by Crippen LogP contribution is -2.32. The number of carbonyl (C=O) groups excluding carboxylic acids is 1. The highest BCUT2D eigenvalue weighted by atomic mass is 32.1. The first-order chi connectivity index (χ1) is 12.1. The van der Waals surface area contributed by atoms with Gasteiger partial charge in [0.1, 0.15) is 10.7 Å². The van der Waals surface area contributed by atoms with E-state index in [1.54, 1.807) is 11.3 Å². The summed E-state index contributed by atoms with van der Waals surface area (Å²) in [5.74, 6) is 1.37. The molecule has 2 aliphatic carbocycles. The van der Waals surface area contributed by atoms with Crippen molar-refractivity contribution in [2.45, 2.75) is 70.8 Å². The normalized spacial score (nSPS) is 20.8. The van der Waals surface area contributed by atoms with Gasteiger partial charge in [-0.1, -0.05) is 19.8 Å². The fourth-order valence-corrected chi connectivity index (χ4v) is 5.52. The Morgan fingerprint density at radius 2 is 2.12 bits per heavy atom. The molecule has 2 aromatic rings. The number of amides is 1. The van der Waals surface area contributed by atoms with Crippen molar-refractivity contribution in [3.05, 3.63) is 26.6 Å². The topological polar surface area (TPSA) is 74.8 Å². The number of rotatable bonds is 4. The summed E-state index contributed by atoms with van der Waals surface area (Å²) in [6.45, 7) is 2.26. The first-order valence-corrected chi connectivity index (χ1v) is 10.2. The van der Waals surface area contributed by atoms with Gasteiger partial charge in [-0.2, -0.15) is 0 Å². The SMILES string of the molecule is CC1CCc2c(sc3nc(CCC(=O)NC4CCCC4)[nH]c(=O)c23)C1. The second-order valence-electron chi connectivity index (χ2n) is 7.59. The maximum Gasteiger partial charge on any atom is 0.259 e. The van der Waals surface area contributed by atoms with Gasteiger partial charge in [-0.15, -0.1) is 11.3 Å². The summed E-state index contributed by atoms with van der Waals surface area (Å²) < 4.78 is 0. The zero-order chi connectivity index (χ0) is 17.4. The van der Waals surface area contributed by atoms with Crippen LogP contribution in [0.4, 0.5) is 0 Å². The third-order valence-electron chi connectivity index (χ3n) is 5.52. The van der Waals surface area contributed by atoms with Crippen LogP contribution in [-0.2, 0) is 24.1 Å². The van der Waals surface area contributed by atoms with Crippen LogP contribution < -0.4 is 10.9 Å². The number of nitrogens with one attached hydrogen (secondary N) is 2. The van der Waals surface area contributed by atoms with Crippen LogP contribution in [0.3, 0.4) is 0 Å². The number of carbonyl (C=O) groups is 1. The van der Waals surface area contributed by atoms with Crippen molar-refractivity contribution in [3.8, 4) is 0 Å². The van der Waals surface area contributed by atoms with E-state index in [-0.39, 0.29) is 11.5 Å². The van der Waals surface area contributed by atoms with Gasteiger partial charge in [-0.25, -0.2) is 4.98 Å². The van der Waals surface area contributed by atoms with Crippen LogP contribution in [0.25, 0.3) is 10.2 Å². The molecule has 0 spiro atoms. The Bertz CT molecular complexity index is 848. The van der Waals surface area contributed by atoms with Gasteiger partial charge < -0.3 is 10.3 Å². The molecule has 1 fully saturated rings. The zero-order valence-electron chi connectivity index (χ0n) is 14.7. The largest absolute Gasteiger partial charge is 0.353 e. The number of hydrogen-bond acceptors (Lipinski definition) is 4. The number of fused-ring (bicyclic) bond motifs is 3. The maximum atomic E-state index is 12.5. The smallest absolute Gasteiger partial charge is 0.259 e. The lowest BCUT2D eigenvalue weighted by atomic mass is 9.89. The summed E-state index contributed by atoms with van der Waals surface area (Å²) in [5, 5.41) is 3.87. The van der Waals surface area contributed by atoms with Gasteiger partial charge in [0.15, 0.2) is 0 Å². The summed E-state index contributed by atoms with van der Waals surface area (Å²) in [6.07, 6.45) is 8.63. The molecule has 1 atom stereocenters. The van der Waals surface area contributed by atoms with E-state index in [1.807, 2.05) is 0 Å². The number of nitrogens with zero attached hydrogens (tertiary/aromatic N) is 1. The van der Waals surface area contributed by atoms with Gasteiger partial charge in [0.2, 0.25) is 5.91 Å². The molecule has 0 bridgehead atoms. The Hall–Kier alpha value is -1.69. The Balaban J connectivity index is 1.49. The number of thiophene rings is 1. The van der Waals surface area contributed by atoms with Gasteiger partial charge in [-0.3, -0.25) is 9.59 Å². The molecular formula is C19H25N3O2S. The molecule has 5 nitrogen and oxygen atoms in total. The third-order valence-corrected chi connectivity index (χ3v) is 6.67. The average molecular weight is 359 g/mol. The summed E-state index contributed by atoms with van der Waals surface area (Å²) in [5.41, 5.74) is 1.17. The van der Waals surface area contributed by atoms with Crippen LogP contribution in [0.1, 0.15) is 61.7 Å². The highest BCUT2D eigenvalue weighted by Gasteiger charge is 2.23. The summed E-state index contributed by atoms with van der Waals surface area (Å²) >= 11 is 1.66. The van der Waals surface area contributed by atoms with Gasteiger partial charge in [0, 0.05) is 23.8 Å². The number of aryl methyl sites for hydroxylation is 2. The summed E-state index contributed by atoms with van der Waals surface area (Å²) in [6, 6.07) is 0.341. The lowest BCUT2D eigenvalue weighted by molar-refractivity contribution is -0.121. The van der Waals surface area contributed by atoms with Crippen molar-refractivity contribution in [2.75, 3.05) is 0 Å². The molecule has 2 aromatic heterocycles. The number of H-pyrrole nitrogens is 1. The van der Waals surface area contributed by atoms with Crippen LogP contribution in [0.5, 0.6) is 0 Å². The van der Waals surface area contributed by atoms with Crippen LogP contribution in [0, 0.1) is 5.92 Å². The van der Waals surface area contributed by atoms with Crippen LogP contribution in [0.2, 0.25) is 0 Å². The van der Waals surface area contributed by atoms with Gasteiger partial charge in [0.05, 0.1) is 5.39 Å². The predicted molar refractivity (Wildman–Crippen MR) is 100 cm³/mol. The maximum absolute atomic E-state index is 12.5. The first kappa shape index (κ1) is 16.8.